The van der Waals surface area contributed by atoms with Crippen LogP contribution in [-0.4, -0.2) is 84.1 Å². The number of benzene rings is 1. The van der Waals surface area contributed by atoms with E-state index in [1.165, 1.54) is 0 Å². The van der Waals surface area contributed by atoms with Gasteiger partial charge in [-0.15, -0.1) is 0 Å². The third kappa shape index (κ3) is 3.80. The minimum absolute atomic E-state index is 0.156. The van der Waals surface area contributed by atoms with Crippen molar-refractivity contribution in [1.29, 1.82) is 0 Å². The number of rotatable bonds is 6. The lowest BCUT2D eigenvalue weighted by Crippen LogP contribution is -2.47. The number of nitrogens with zero attached hydrogens (tertiary/aromatic N) is 6. The molecule has 0 radical (unpaired) electrons. The fourth-order valence-electron chi connectivity index (χ4n) is 4.68. The number of para-hydroxylation sites is 1. The maximum Gasteiger partial charge on any atom is 0.166 e. The lowest BCUT2D eigenvalue weighted by Gasteiger charge is -2.35. The molecule has 2 saturated heterocycles. The molecule has 1 aromatic carbocycles. The van der Waals surface area contributed by atoms with Crippen LogP contribution in [-0.2, 0) is 4.74 Å². The van der Waals surface area contributed by atoms with Gasteiger partial charge in [0.1, 0.15) is 24.1 Å². The third-order valence-corrected chi connectivity index (χ3v) is 6.32. The Balaban J connectivity index is 1.64. The third-order valence-electron chi connectivity index (χ3n) is 6.32. The highest BCUT2D eigenvalue weighted by molar-refractivity contribution is 5.88. The summed E-state index contributed by atoms with van der Waals surface area (Å²) >= 11 is 0. The Hall–Kier alpha value is -2.78. The van der Waals surface area contributed by atoms with Crippen molar-refractivity contribution in [3.63, 3.8) is 0 Å². The van der Waals surface area contributed by atoms with Gasteiger partial charge in [0.05, 0.1) is 25.3 Å². The zero-order valence-electron chi connectivity index (χ0n) is 18.6. The van der Waals surface area contributed by atoms with Gasteiger partial charge in [0.25, 0.3) is 0 Å². The first-order valence-corrected chi connectivity index (χ1v) is 11.2. The van der Waals surface area contributed by atoms with Crippen molar-refractivity contribution in [3.05, 3.63) is 30.1 Å². The van der Waals surface area contributed by atoms with Crippen LogP contribution in [0.25, 0.3) is 22.6 Å². The second-order valence-electron chi connectivity index (χ2n) is 8.31. The van der Waals surface area contributed by atoms with Crippen molar-refractivity contribution in [2.75, 3.05) is 64.6 Å². The van der Waals surface area contributed by atoms with E-state index in [1.807, 2.05) is 31.2 Å². The molecule has 32 heavy (non-hydrogen) atoms. The largest absolute Gasteiger partial charge is 0.496 e. The topological polar surface area (TPSA) is 68.5 Å². The van der Waals surface area contributed by atoms with Gasteiger partial charge < -0.3 is 18.9 Å². The van der Waals surface area contributed by atoms with Crippen LogP contribution in [0.4, 0.5) is 10.2 Å². The van der Waals surface area contributed by atoms with E-state index < -0.39 is 0 Å². The molecule has 1 atom stereocenters. The fourth-order valence-corrected chi connectivity index (χ4v) is 4.68. The Morgan fingerprint density at radius 1 is 1.12 bits per heavy atom. The van der Waals surface area contributed by atoms with Crippen LogP contribution in [0.1, 0.15) is 18.3 Å². The number of fused-ring (bicyclic) bond motifs is 1. The molecular formula is C23H29FN6O2. The summed E-state index contributed by atoms with van der Waals surface area (Å²) in [6, 6.07) is 8.09. The van der Waals surface area contributed by atoms with E-state index in [0.29, 0.717) is 19.0 Å². The molecule has 3 aromatic rings. The van der Waals surface area contributed by atoms with Crippen LogP contribution < -0.4 is 9.64 Å². The summed E-state index contributed by atoms with van der Waals surface area (Å²) in [6.45, 7) is 6.65. The summed E-state index contributed by atoms with van der Waals surface area (Å²) in [7, 11) is 1.68. The summed E-state index contributed by atoms with van der Waals surface area (Å²) in [6.07, 6.45) is 0.911. The zero-order valence-corrected chi connectivity index (χ0v) is 18.6. The number of piperazine rings is 1. The van der Waals surface area contributed by atoms with E-state index in [1.54, 1.807) is 7.11 Å². The molecule has 0 saturated carbocycles. The molecule has 4 heterocycles. The highest BCUT2D eigenvalue weighted by Crippen LogP contribution is 2.37. The average Bonchev–Trinajstić information content (AvgIpc) is 3.47. The Morgan fingerprint density at radius 3 is 2.66 bits per heavy atom. The van der Waals surface area contributed by atoms with Crippen LogP contribution in [0.3, 0.4) is 0 Å². The van der Waals surface area contributed by atoms with E-state index >= 15 is 0 Å². The molecule has 0 aliphatic carbocycles. The minimum Gasteiger partial charge on any atom is -0.496 e. The Kier molecular flexibility index (Phi) is 5.93. The molecule has 2 aliphatic heterocycles. The van der Waals surface area contributed by atoms with E-state index in [4.69, 9.17) is 24.4 Å². The van der Waals surface area contributed by atoms with Crippen molar-refractivity contribution >= 4 is 17.0 Å². The van der Waals surface area contributed by atoms with Crippen molar-refractivity contribution in [2.45, 2.75) is 19.4 Å². The van der Waals surface area contributed by atoms with E-state index in [-0.39, 0.29) is 12.7 Å². The Labute approximate surface area is 187 Å². The van der Waals surface area contributed by atoms with Gasteiger partial charge in [-0.1, -0.05) is 12.1 Å². The number of aromatic nitrogens is 4. The molecule has 0 amide bonds. The molecule has 5 rings (SSSR count). The minimum atomic E-state index is -0.313. The van der Waals surface area contributed by atoms with E-state index in [9.17, 15) is 4.39 Å². The van der Waals surface area contributed by atoms with Crippen LogP contribution in [0.2, 0.25) is 0 Å². The predicted octanol–water partition coefficient (Wildman–Crippen LogP) is 2.86. The molecule has 0 bridgehead atoms. The average molecular weight is 441 g/mol. The Morgan fingerprint density at radius 2 is 1.94 bits per heavy atom. The standard InChI is InChI=1S/C23H29FN6O2/c1-16-25-22(29-12-10-28(9-8-24)11-13-29)20-23(26-16)30(17-7-14-32-15-17)21(27-20)18-5-3-4-6-19(18)31-2/h3-6,17H,7-15H2,1-2H3. The highest BCUT2D eigenvalue weighted by atomic mass is 19.1. The molecule has 8 nitrogen and oxygen atoms in total. The lowest BCUT2D eigenvalue weighted by molar-refractivity contribution is 0.187. The number of imidazole rings is 1. The normalized spacial score (nSPS) is 19.7. The van der Waals surface area contributed by atoms with E-state index in [2.05, 4.69) is 14.4 Å². The van der Waals surface area contributed by atoms with Crippen LogP contribution >= 0.6 is 0 Å². The summed E-state index contributed by atoms with van der Waals surface area (Å²) in [5, 5.41) is 0. The number of halogens is 1. The monoisotopic (exact) mass is 440 g/mol. The van der Waals surface area contributed by atoms with Gasteiger partial charge >= 0.3 is 0 Å². The van der Waals surface area contributed by atoms with Crippen molar-refractivity contribution in [3.8, 4) is 17.1 Å². The summed E-state index contributed by atoms with van der Waals surface area (Å²) in [5.41, 5.74) is 2.55. The molecule has 2 aromatic heterocycles. The van der Waals surface area contributed by atoms with Gasteiger partial charge in [0, 0.05) is 39.3 Å². The van der Waals surface area contributed by atoms with Gasteiger partial charge in [-0.3, -0.25) is 4.90 Å². The van der Waals surface area contributed by atoms with Gasteiger partial charge in [0.15, 0.2) is 17.0 Å². The van der Waals surface area contributed by atoms with Gasteiger partial charge in [-0.05, 0) is 25.5 Å². The molecule has 2 fully saturated rings. The molecule has 9 heteroatoms. The number of methoxy groups -OCH3 is 1. The zero-order chi connectivity index (χ0) is 22.1. The van der Waals surface area contributed by atoms with Gasteiger partial charge in [-0.2, -0.15) is 0 Å². The first-order valence-electron chi connectivity index (χ1n) is 11.2. The number of alkyl halides is 1. The molecule has 170 valence electrons. The van der Waals surface area contributed by atoms with Gasteiger partial charge in [0.2, 0.25) is 0 Å². The second-order valence-corrected chi connectivity index (χ2v) is 8.31. The number of hydrogen-bond acceptors (Lipinski definition) is 7. The molecule has 0 N–H and O–H groups in total. The van der Waals surface area contributed by atoms with Gasteiger partial charge in [-0.25, -0.2) is 19.3 Å². The number of aryl methyl sites for hydroxylation is 1. The summed E-state index contributed by atoms with van der Waals surface area (Å²) in [5.74, 6) is 3.16. The quantitative estimate of drug-likeness (QED) is 0.584. The predicted molar refractivity (Wildman–Crippen MR) is 121 cm³/mol. The fraction of sp³-hybridized carbons (Fsp3) is 0.522. The molecule has 0 spiro atoms. The number of ether oxygens (including phenoxy) is 2. The van der Waals surface area contributed by atoms with E-state index in [0.717, 1.165) is 73.3 Å². The lowest BCUT2D eigenvalue weighted by atomic mass is 10.1. The number of hydrogen-bond donors (Lipinski definition) is 0. The SMILES string of the molecule is COc1ccccc1-c1nc2c(N3CCN(CCF)CC3)nc(C)nc2n1C1CCOC1. The highest BCUT2D eigenvalue weighted by Gasteiger charge is 2.29. The van der Waals surface area contributed by atoms with Crippen molar-refractivity contribution in [2.24, 2.45) is 0 Å². The van der Waals surface area contributed by atoms with Crippen LogP contribution in [0, 0.1) is 6.92 Å². The Bertz CT molecular complexity index is 1090. The summed E-state index contributed by atoms with van der Waals surface area (Å²) in [4.78, 5) is 19.1. The first-order chi connectivity index (χ1) is 15.7. The molecule has 1 unspecified atom stereocenters. The van der Waals surface area contributed by atoms with Crippen LogP contribution in [0.15, 0.2) is 24.3 Å². The first kappa shape index (κ1) is 21.1. The maximum absolute atomic E-state index is 12.8. The second kappa shape index (κ2) is 8.99. The van der Waals surface area contributed by atoms with Crippen molar-refractivity contribution < 1.29 is 13.9 Å². The number of anilines is 1. The van der Waals surface area contributed by atoms with Crippen LogP contribution in [0.5, 0.6) is 5.75 Å². The van der Waals surface area contributed by atoms with Crippen molar-refractivity contribution in [1.82, 2.24) is 24.4 Å². The molecular weight excluding hydrogens is 411 g/mol. The summed E-state index contributed by atoms with van der Waals surface area (Å²) < 4.78 is 26.3. The smallest absolute Gasteiger partial charge is 0.166 e. The molecule has 2 aliphatic rings. The maximum atomic E-state index is 12.8.